The summed E-state index contributed by atoms with van der Waals surface area (Å²) >= 11 is 1.23. The van der Waals surface area contributed by atoms with Gasteiger partial charge in [0.25, 0.3) is 0 Å². The van der Waals surface area contributed by atoms with Crippen LogP contribution in [-0.4, -0.2) is 147 Å². The molecule has 0 radical (unpaired) electrons. The first-order valence-electron chi connectivity index (χ1n) is 20.4. The van der Waals surface area contributed by atoms with Crippen LogP contribution in [0.25, 0.3) is 0 Å². The van der Waals surface area contributed by atoms with Crippen molar-refractivity contribution in [1.29, 1.82) is 0 Å². The number of rotatable bonds is 26. The van der Waals surface area contributed by atoms with E-state index in [-0.39, 0.29) is 23.2 Å². The number of likely N-dealkylation sites (N-methyl/N-ethyl adjacent to an activating group) is 2. The number of carbonyl (C=O) groups excluding carboxylic acids is 4. The van der Waals surface area contributed by atoms with Crippen molar-refractivity contribution in [2.24, 2.45) is 11.3 Å². The van der Waals surface area contributed by atoms with E-state index >= 15 is 0 Å². The average Bonchev–Trinajstić information content (AvgIpc) is 3.13. The minimum atomic E-state index is -1.16. The Balaban J connectivity index is 3.08. The van der Waals surface area contributed by atoms with E-state index < -0.39 is 58.4 Å². The topological polar surface area (TPSA) is 179 Å². The molecule has 342 valence electrons. The molecule has 1 aromatic rings. The van der Waals surface area contributed by atoms with E-state index in [0.29, 0.717) is 69.9 Å². The summed E-state index contributed by atoms with van der Waals surface area (Å²) in [5.74, 6) is -1.04. The molecule has 0 heterocycles. The summed E-state index contributed by atoms with van der Waals surface area (Å²) in [6, 6.07) is 4.49. The van der Waals surface area contributed by atoms with E-state index in [1.165, 1.54) is 42.5 Å². The summed E-state index contributed by atoms with van der Waals surface area (Å²) in [6.45, 7) is 24.7. The van der Waals surface area contributed by atoms with Crippen LogP contribution in [0.5, 0.6) is 5.75 Å². The minimum Gasteiger partial charge on any atom is -0.491 e. The van der Waals surface area contributed by atoms with Gasteiger partial charge < -0.3 is 43.7 Å². The average molecular weight is 868 g/mol. The van der Waals surface area contributed by atoms with Crippen molar-refractivity contribution in [2.75, 3.05) is 79.3 Å². The highest BCUT2D eigenvalue weighted by Crippen LogP contribution is 2.34. The SMILES string of the molecule is CC(=O)SCCOCCOCCOCCOCCOc1cccc(C(C)(C)C(C(=O)NC(C(=O)N(C)C(C=C(C)C(=O)O)C(C)C)C(C)(C)C)N(C)C(=O)OC(C)(C)C)c1. The van der Waals surface area contributed by atoms with Crippen LogP contribution in [0.2, 0.25) is 0 Å². The molecular formula is C44H73N3O12S. The summed E-state index contributed by atoms with van der Waals surface area (Å²) in [4.78, 5) is 67.9. The third kappa shape index (κ3) is 19.8. The molecule has 0 spiro atoms. The monoisotopic (exact) mass is 867 g/mol. The molecule has 3 atom stereocenters. The Morgan fingerprint density at radius 1 is 0.783 bits per heavy atom. The van der Waals surface area contributed by atoms with Gasteiger partial charge >= 0.3 is 12.1 Å². The molecule has 3 amide bonds. The lowest BCUT2D eigenvalue weighted by atomic mass is 9.76. The van der Waals surface area contributed by atoms with Gasteiger partial charge in [-0.3, -0.25) is 19.3 Å². The maximum atomic E-state index is 14.7. The zero-order chi connectivity index (χ0) is 45.8. The molecule has 0 fully saturated rings. The van der Waals surface area contributed by atoms with Gasteiger partial charge in [0.05, 0.1) is 58.9 Å². The van der Waals surface area contributed by atoms with Crippen LogP contribution in [0.3, 0.4) is 0 Å². The highest BCUT2D eigenvalue weighted by molar-refractivity contribution is 8.13. The number of carboxylic acids is 1. The highest BCUT2D eigenvalue weighted by atomic mass is 32.2. The zero-order valence-corrected chi connectivity index (χ0v) is 39.3. The molecule has 15 nitrogen and oxygen atoms in total. The fourth-order valence-corrected chi connectivity index (χ4v) is 6.58. The maximum absolute atomic E-state index is 14.7. The van der Waals surface area contributed by atoms with Crippen LogP contribution in [0.1, 0.15) is 88.6 Å². The van der Waals surface area contributed by atoms with Gasteiger partial charge in [-0.2, -0.15) is 0 Å². The molecule has 0 aliphatic heterocycles. The summed E-state index contributed by atoms with van der Waals surface area (Å²) in [7, 11) is 3.10. The maximum Gasteiger partial charge on any atom is 0.410 e. The van der Waals surface area contributed by atoms with Crippen molar-refractivity contribution in [3.63, 3.8) is 0 Å². The molecule has 0 bridgehead atoms. The smallest absolute Gasteiger partial charge is 0.410 e. The van der Waals surface area contributed by atoms with Crippen molar-refractivity contribution in [1.82, 2.24) is 15.1 Å². The van der Waals surface area contributed by atoms with E-state index in [1.54, 1.807) is 46.0 Å². The number of benzene rings is 1. The Kier molecular flexibility index (Phi) is 23.5. The molecule has 3 unspecified atom stereocenters. The number of aliphatic carboxylic acids is 1. The Morgan fingerprint density at radius 2 is 1.30 bits per heavy atom. The number of nitrogens with zero attached hydrogens (tertiary/aromatic N) is 2. The summed E-state index contributed by atoms with van der Waals surface area (Å²) in [5.41, 5.74) is -1.88. The van der Waals surface area contributed by atoms with Gasteiger partial charge in [-0.15, -0.1) is 0 Å². The summed E-state index contributed by atoms with van der Waals surface area (Å²) < 4.78 is 33.8. The lowest BCUT2D eigenvalue weighted by Crippen LogP contribution is -2.63. The zero-order valence-electron chi connectivity index (χ0n) is 38.5. The number of carboxylic acid groups (broad SMARTS) is 1. The lowest BCUT2D eigenvalue weighted by Gasteiger charge is -2.42. The van der Waals surface area contributed by atoms with Crippen LogP contribution in [0.4, 0.5) is 4.79 Å². The predicted octanol–water partition coefficient (Wildman–Crippen LogP) is 5.97. The van der Waals surface area contributed by atoms with Crippen LogP contribution in [-0.2, 0) is 48.3 Å². The first-order chi connectivity index (χ1) is 27.8. The molecule has 2 N–H and O–H groups in total. The highest BCUT2D eigenvalue weighted by Gasteiger charge is 2.46. The van der Waals surface area contributed by atoms with Crippen molar-refractivity contribution in [3.8, 4) is 5.75 Å². The first kappa shape index (κ1) is 54.3. The Hall–Kier alpha value is -3.70. The number of hydrogen-bond acceptors (Lipinski definition) is 12. The second-order valence-electron chi connectivity index (χ2n) is 17.5. The van der Waals surface area contributed by atoms with Gasteiger partial charge in [0.2, 0.25) is 11.8 Å². The molecule has 0 aliphatic carbocycles. The van der Waals surface area contributed by atoms with Crippen molar-refractivity contribution in [2.45, 2.75) is 112 Å². The fourth-order valence-electron chi connectivity index (χ4n) is 6.10. The quantitative estimate of drug-likeness (QED) is 0.0823. The van der Waals surface area contributed by atoms with E-state index in [2.05, 4.69) is 5.32 Å². The molecule has 0 aliphatic rings. The van der Waals surface area contributed by atoms with Gasteiger partial charge in [-0.1, -0.05) is 78.4 Å². The van der Waals surface area contributed by atoms with E-state index in [0.717, 1.165) is 0 Å². The van der Waals surface area contributed by atoms with Crippen LogP contribution < -0.4 is 10.1 Å². The second kappa shape index (κ2) is 25.9. The summed E-state index contributed by atoms with van der Waals surface area (Å²) in [5, 5.41) is 12.6. The van der Waals surface area contributed by atoms with Gasteiger partial charge in [-0.05, 0) is 56.7 Å². The molecule has 0 saturated heterocycles. The van der Waals surface area contributed by atoms with Crippen LogP contribution in [0, 0.1) is 11.3 Å². The molecule has 0 saturated carbocycles. The van der Waals surface area contributed by atoms with Crippen molar-refractivity contribution < 1.29 is 57.5 Å². The number of thioether (sulfide) groups is 1. The third-order valence-corrected chi connectivity index (χ3v) is 10.1. The largest absolute Gasteiger partial charge is 0.491 e. The lowest BCUT2D eigenvalue weighted by molar-refractivity contribution is -0.142. The molecule has 0 aromatic heterocycles. The van der Waals surface area contributed by atoms with E-state index in [1.807, 2.05) is 60.6 Å². The minimum absolute atomic E-state index is 0.0739. The van der Waals surface area contributed by atoms with Crippen molar-refractivity contribution >= 4 is 40.8 Å². The number of nitrogens with one attached hydrogen (secondary N) is 1. The molecule has 1 aromatic carbocycles. The molecule has 16 heteroatoms. The summed E-state index contributed by atoms with van der Waals surface area (Å²) in [6.07, 6.45) is 0.828. The van der Waals surface area contributed by atoms with Crippen molar-refractivity contribution in [3.05, 3.63) is 41.5 Å². The molecule has 60 heavy (non-hydrogen) atoms. The van der Waals surface area contributed by atoms with Gasteiger partial charge in [0, 0.05) is 37.8 Å². The van der Waals surface area contributed by atoms with Gasteiger partial charge in [0.15, 0.2) is 5.12 Å². The van der Waals surface area contributed by atoms with Gasteiger partial charge in [0.1, 0.15) is 30.0 Å². The Bertz CT molecular complexity index is 1550. The van der Waals surface area contributed by atoms with Crippen LogP contribution in [0.15, 0.2) is 35.9 Å². The fraction of sp³-hybridized carbons (Fsp3) is 0.705. The number of amides is 3. The number of ether oxygens (including phenoxy) is 6. The predicted molar refractivity (Wildman–Crippen MR) is 233 cm³/mol. The molecule has 1 rings (SSSR count). The third-order valence-electron chi connectivity index (χ3n) is 9.36. The number of hydrogen-bond donors (Lipinski definition) is 2. The second-order valence-corrected chi connectivity index (χ2v) is 18.8. The number of carbonyl (C=O) groups is 5. The Morgan fingerprint density at radius 3 is 1.77 bits per heavy atom. The normalized spacial score (nSPS) is 13.9. The van der Waals surface area contributed by atoms with E-state index in [4.69, 9.17) is 28.4 Å². The first-order valence-corrected chi connectivity index (χ1v) is 21.4. The molecular weight excluding hydrogens is 795 g/mol. The van der Waals surface area contributed by atoms with E-state index in [9.17, 15) is 29.1 Å². The van der Waals surface area contributed by atoms with Gasteiger partial charge in [-0.25, -0.2) is 9.59 Å². The Labute approximate surface area is 362 Å². The standard InChI is InChI=1S/C44H73N3O12S/c1-30(2)35(28-31(3)40(51)52)46(13)39(50)36(42(5,6)7)45-38(49)37(47(14)41(53)59-43(8,9)10)44(11,12)33-16-15-17-34(29-33)58-25-24-56-21-20-54-18-19-55-22-23-57-26-27-60-32(4)48/h15-17,28-30,35-37H,18-27H2,1-14H3,(H,45,49)(H,51,52). The van der Waals surface area contributed by atoms with Crippen LogP contribution >= 0.6 is 11.8 Å².